The number of hydrogen-bond acceptors (Lipinski definition) is 4. The number of carboxylic acid groups (broad SMARTS) is 1. The van der Waals surface area contributed by atoms with Crippen LogP contribution in [0.4, 0.5) is 0 Å². The van der Waals surface area contributed by atoms with Gasteiger partial charge in [-0.05, 0) is 30.6 Å². The van der Waals surface area contributed by atoms with Gasteiger partial charge in [0.05, 0.1) is 5.92 Å². The van der Waals surface area contributed by atoms with Gasteiger partial charge in [0.2, 0.25) is 0 Å². The van der Waals surface area contributed by atoms with E-state index in [1.807, 2.05) is 5.38 Å². The summed E-state index contributed by atoms with van der Waals surface area (Å²) in [5.41, 5.74) is 0.255. The number of nitrogens with zero attached hydrogens (tertiary/aromatic N) is 1. The molecule has 3 atom stereocenters. The van der Waals surface area contributed by atoms with E-state index in [1.54, 1.807) is 29.3 Å². The minimum atomic E-state index is -0.651. The van der Waals surface area contributed by atoms with Crippen molar-refractivity contribution >= 4 is 29.1 Å². The van der Waals surface area contributed by atoms with Crippen LogP contribution in [-0.2, 0) is 4.79 Å². The van der Waals surface area contributed by atoms with Crippen LogP contribution < -0.4 is 0 Å². The Morgan fingerprint density at radius 2 is 2.21 bits per heavy atom. The molecule has 0 aromatic carbocycles. The van der Waals surface area contributed by atoms with Crippen LogP contribution in [0, 0.1) is 17.3 Å². The summed E-state index contributed by atoms with van der Waals surface area (Å²) in [5, 5.41) is 11.5. The van der Waals surface area contributed by atoms with Gasteiger partial charge >= 0.3 is 5.97 Å². The number of aliphatic carboxylic acids is 1. The maximum Gasteiger partial charge on any atom is 0.307 e. The zero-order valence-corrected chi connectivity index (χ0v) is 13.3. The summed E-state index contributed by atoms with van der Waals surface area (Å²) in [5.74, 6) is -0.283. The lowest BCUT2D eigenvalue weighted by Crippen LogP contribution is -2.37. The summed E-state index contributed by atoms with van der Waals surface area (Å²) < 4.78 is 0.991. The molecular weight excluding hydrogens is 278 g/mol. The highest BCUT2D eigenvalue weighted by Crippen LogP contribution is 2.46. The lowest BCUT2D eigenvalue weighted by molar-refractivity contribution is -0.143. The second-order valence-corrected chi connectivity index (χ2v) is 8.66. The van der Waals surface area contributed by atoms with E-state index >= 15 is 0 Å². The van der Waals surface area contributed by atoms with Crippen LogP contribution in [0.1, 0.15) is 40.0 Å². The Morgan fingerprint density at radius 1 is 1.47 bits per heavy atom. The van der Waals surface area contributed by atoms with Crippen molar-refractivity contribution in [2.24, 2.45) is 17.3 Å². The molecule has 1 aromatic rings. The Kier molecular flexibility index (Phi) is 4.56. The number of carbonyl (C=O) groups is 1. The van der Waals surface area contributed by atoms with Crippen LogP contribution in [-0.4, -0.2) is 21.3 Å². The van der Waals surface area contributed by atoms with Crippen LogP contribution in [0.3, 0.4) is 0 Å². The Labute approximate surface area is 122 Å². The molecule has 0 aliphatic heterocycles. The smallest absolute Gasteiger partial charge is 0.307 e. The van der Waals surface area contributed by atoms with Crippen LogP contribution >= 0.6 is 23.1 Å². The molecule has 19 heavy (non-hydrogen) atoms. The number of carboxylic acids is 1. The summed E-state index contributed by atoms with van der Waals surface area (Å²) >= 11 is 3.25. The fourth-order valence-corrected chi connectivity index (χ4v) is 4.97. The summed E-state index contributed by atoms with van der Waals surface area (Å²) in [7, 11) is 0. The van der Waals surface area contributed by atoms with Gasteiger partial charge in [0.15, 0.2) is 0 Å². The molecule has 1 aromatic heterocycles. The van der Waals surface area contributed by atoms with Crippen molar-refractivity contribution in [3.63, 3.8) is 0 Å². The Balaban J connectivity index is 2.11. The van der Waals surface area contributed by atoms with E-state index in [0.717, 1.165) is 23.6 Å². The fraction of sp³-hybridized carbons (Fsp3) is 0.714. The predicted octanol–water partition coefficient (Wildman–Crippen LogP) is 4.15. The molecule has 1 saturated carbocycles. The van der Waals surface area contributed by atoms with Crippen LogP contribution in [0.25, 0.3) is 0 Å². The zero-order valence-electron chi connectivity index (χ0n) is 11.6. The minimum Gasteiger partial charge on any atom is -0.481 e. The topological polar surface area (TPSA) is 50.2 Å². The first-order valence-electron chi connectivity index (χ1n) is 6.67. The van der Waals surface area contributed by atoms with Crippen molar-refractivity contribution in [1.29, 1.82) is 0 Å². The molecule has 0 radical (unpaired) electrons. The van der Waals surface area contributed by atoms with Gasteiger partial charge in [-0.3, -0.25) is 4.79 Å². The first-order valence-corrected chi connectivity index (χ1v) is 8.43. The molecule has 1 N–H and O–H groups in total. The normalized spacial score (nSPS) is 28.3. The molecule has 1 aliphatic carbocycles. The highest BCUT2D eigenvalue weighted by Gasteiger charge is 2.39. The quantitative estimate of drug-likeness (QED) is 0.911. The molecule has 3 unspecified atom stereocenters. The lowest BCUT2D eigenvalue weighted by Gasteiger charge is -2.39. The molecule has 0 spiro atoms. The van der Waals surface area contributed by atoms with Crippen LogP contribution in [0.15, 0.2) is 15.9 Å². The van der Waals surface area contributed by atoms with Gasteiger partial charge in [-0.2, -0.15) is 0 Å². The van der Waals surface area contributed by atoms with E-state index in [9.17, 15) is 9.90 Å². The molecular formula is C14H21NO2S2. The molecule has 0 bridgehead atoms. The molecule has 1 aliphatic rings. The highest BCUT2D eigenvalue weighted by atomic mass is 32.2. The Hall–Kier alpha value is -0.550. The molecule has 1 heterocycles. The molecule has 106 valence electrons. The van der Waals surface area contributed by atoms with Crippen molar-refractivity contribution in [3.8, 4) is 0 Å². The average molecular weight is 299 g/mol. The van der Waals surface area contributed by atoms with Crippen molar-refractivity contribution in [3.05, 3.63) is 11.6 Å². The zero-order chi connectivity index (χ0) is 14.0. The second-order valence-electron chi connectivity index (χ2n) is 6.28. The second kappa shape index (κ2) is 5.83. The first kappa shape index (κ1) is 14.9. The van der Waals surface area contributed by atoms with Gasteiger partial charge in [0.25, 0.3) is 0 Å². The van der Waals surface area contributed by atoms with E-state index in [-0.39, 0.29) is 16.6 Å². The number of thiazole rings is 1. The number of aromatic nitrogens is 1. The predicted molar refractivity (Wildman–Crippen MR) is 79.7 cm³/mol. The SMILES string of the molecule is CC(C)(C)C1CCC(C(=O)O)C(Sc2nccs2)C1. The minimum absolute atomic E-state index is 0.154. The summed E-state index contributed by atoms with van der Waals surface area (Å²) in [6.45, 7) is 6.76. The third-order valence-corrected chi connectivity index (χ3v) is 6.27. The highest BCUT2D eigenvalue weighted by molar-refractivity contribution is 8.01. The monoisotopic (exact) mass is 299 g/mol. The van der Waals surface area contributed by atoms with E-state index in [2.05, 4.69) is 25.8 Å². The van der Waals surface area contributed by atoms with Crippen molar-refractivity contribution < 1.29 is 9.90 Å². The van der Waals surface area contributed by atoms with Crippen molar-refractivity contribution in [2.75, 3.05) is 0 Å². The maximum absolute atomic E-state index is 11.4. The van der Waals surface area contributed by atoms with Crippen molar-refractivity contribution in [2.45, 2.75) is 49.6 Å². The van der Waals surface area contributed by atoms with Crippen molar-refractivity contribution in [1.82, 2.24) is 4.98 Å². The molecule has 3 nitrogen and oxygen atoms in total. The average Bonchev–Trinajstić information content (AvgIpc) is 2.80. The van der Waals surface area contributed by atoms with E-state index in [1.165, 1.54) is 0 Å². The van der Waals surface area contributed by atoms with Gasteiger partial charge in [0.1, 0.15) is 4.34 Å². The van der Waals surface area contributed by atoms with E-state index in [4.69, 9.17) is 0 Å². The fourth-order valence-electron chi connectivity index (χ4n) is 2.73. The third kappa shape index (κ3) is 3.72. The van der Waals surface area contributed by atoms with Crippen LogP contribution in [0.2, 0.25) is 0 Å². The Bertz CT molecular complexity index is 425. The van der Waals surface area contributed by atoms with Crippen LogP contribution in [0.5, 0.6) is 0 Å². The standard InChI is InChI=1S/C14H21NO2S2/c1-14(2,3)9-4-5-10(12(16)17)11(8-9)19-13-15-6-7-18-13/h6-7,9-11H,4-5,8H2,1-3H3,(H,16,17). The van der Waals surface area contributed by atoms with Gasteiger partial charge in [-0.25, -0.2) is 4.98 Å². The van der Waals surface area contributed by atoms with Gasteiger partial charge in [-0.1, -0.05) is 32.5 Å². The first-order chi connectivity index (χ1) is 8.88. The summed E-state index contributed by atoms with van der Waals surface area (Å²) in [6, 6.07) is 0. The Morgan fingerprint density at radius 3 is 2.74 bits per heavy atom. The molecule has 1 fully saturated rings. The molecule has 0 amide bonds. The summed E-state index contributed by atoms with van der Waals surface area (Å²) in [6.07, 6.45) is 4.58. The lowest BCUT2D eigenvalue weighted by atomic mass is 9.69. The van der Waals surface area contributed by atoms with E-state index in [0.29, 0.717) is 5.92 Å². The van der Waals surface area contributed by atoms with Gasteiger partial charge in [-0.15, -0.1) is 11.3 Å². The van der Waals surface area contributed by atoms with Gasteiger partial charge < -0.3 is 5.11 Å². The maximum atomic E-state index is 11.4. The summed E-state index contributed by atoms with van der Waals surface area (Å²) in [4.78, 5) is 15.7. The van der Waals surface area contributed by atoms with Gasteiger partial charge in [0, 0.05) is 16.8 Å². The van der Waals surface area contributed by atoms with E-state index < -0.39 is 5.97 Å². The molecule has 0 saturated heterocycles. The molecule has 5 heteroatoms. The largest absolute Gasteiger partial charge is 0.481 e. The number of hydrogen-bond donors (Lipinski definition) is 1. The third-order valence-electron chi connectivity index (χ3n) is 4.00. The number of rotatable bonds is 3. The number of thioether (sulfide) groups is 1. The molecule has 2 rings (SSSR count).